The fourth-order valence-corrected chi connectivity index (χ4v) is 2.97. The van der Waals surface area contributed by atoms with Gasteiger partial charge in [-0.3, -0.25) is 0 Å². The van der Waals surface area contributed by atoms with E-state index in [1.165, 1.54) is 15.7 Å². The molecule has 0 bridgehead atoms. The first-order valence-electron chi connectivity index (χ1n) is 6.95. The summed E-state index contributed by atoms with van der Waals surface area (Å²) in [6.07, 6.45) is 0. The van der Waals surface area contributed by atoms with Gasteiger partial charge in [-0.1, -0.05) is 35.8 Å². The van der Waals surface area contributed by atoms with Crippen molar-refractivity contribution in [1.82, 2.24) is 5.32 Å². The van der Waals surface area contributed by atoms with Crippen molar-refractivity contribution in [3.63, 3.8) is 0 Å². The molecule has 0 aromatic heterocycles. The highest BCUT2D eigenvalue weighted by atomic mass is 79.9. The molecule has 1 fully saturated rings. The van der Waals surface area contributed by atoms with Gasteiger partial charge in [0.1, 0.15) is 0 Å². The molecule has 0 atom stereocenters. The third-order valence-electron chi connectivity index (χ3n) is 3.77. The van der Waals surface area contributed by atoms with E-state index in [0.29, 0.717) is 0 Å². The van der Waals surface area contributed by atoms with Crippen molar-refractivity contribution in [2.45, 2.75) is 40.2 Å². The Bertz CT molecular complexity index is 448. The summed E-state index contributed by atoms with van der Waals surface area (Å²) in [4.78, 5) is 2.50. The Kier molecular flexibility index (Phi) is 3.99. The molecule has 0 amide bonds. The zero-order valence-corrected chi connectivity index (χ0v) is 14.3. The van der Waals surface area contributed by atoms with Crippen molar-refractivity contribution < 1.29 is 0 Å². The van der Waals surface area contributed by atoms with Crippen LogP contribution in [-0.2, 0) is 0 Å². The molecule has 1 aliphatic heterocycles. The number of anilines is 1. The zero-order valence-electron chi connectivity index (χ0n) is 12.7. The van der Waals surface area contributed by atoms with Crippen LogP contribution in [0.5, 0.6) is 0 Å². The third-order valence-corrected chi connectivity index (χ3v) is 4.63. The molecule has 19 heavy (non-hydrogen) atoms. The van der Waals surface area contributed by atoms with Crippen molar-refractivity contribution in [3.8, 4) is 0 Å². The Balaban J connectivity index is 2.32. The second-order valence-corrected chi connectivity index (χ2v) is 8.05. The number of hydrogen-bond donors (Lipinski definition) is 1. The molecule has 1 aromatic rings. The summed E-state index contributed by atoms with van der Waals surface area (Å²) in [6, 6.07) is 6.67. The van der Waals surface area contributed by atoms with Crippen LogP contribution < -0.4 is 10.2 Å². The number of aryl methyl sites for hydroxylation is 1. The number of halogens is 1. The van der Waals surface area contributed by atoms with Crippen molar-refractivity contribution in [2.75, 3.05) is 24.5 Å². The number of rotatable bonds is 1. The van der Waals surface area contributed by atoms with Crippen molar-refractivity contribution in [3.05, 3.63) is 28.2 Å². The van der Waals surface area contributed by atoms with Crippen LogP contribution in [0.15, 0.2) is 22.7 Å². The molecule has 2 rings (SSSR count). The highest BCUT2D eigenvalue weighted by Crippen LogP contribution is 2.30. The monoisotopic (exact) mass is 324 g/mol. The normalized spacial score (nSPS) is 22.1. The first-order chi connectivity index (χ1) is 8.69. The summed E-state index contributed by atoms with van der Waals surface area (Å²) in [5.74, 6) is 0. The van der Waals surface area contributed by atoms with Crippen LogP contribution in [0.4, 0.5) is 5.69 Å². The van der Waals surface area contributed by atoms with Crippen LogP contribution >= 0.6 is 15.9 Å². The Morgan fingerprint density at radius 3 is 2.47 bits per heavy atom. The van der Waals surface area contributed by atoms with E-state index < -0.39 is 0 Å². The van der Waals surface area contributed by atoms with Crippen LogP contribution in [0.25, 0.3) is 0 Å². The predicted octanol–water partition coefficient (Wildman–Crippen LogP) is 3.97. The molecule has 0 radical (unpaired) electrons. The van der Waals surface area contributed by atoms with Gasteiger partial charge in [-0.15, -0.1) is 0 Å². The van der Waals surface area contributed by atoms with Crippen LogP contribution in [0.2, 0.25) is 0 Å². The van der Waals surface area contributed by atoms with Crippen LogP contribution in [0.3, 0.4) is 0 Å². The zero-order chi connectivity index (χ0) is 14.3. The molecule has 1 N–H and O–H groups in total. The molecular weight excluding hydrogens is 300 g/mol. The Hall–Kier alpha value is -0.540. The smallest absolute Gasteiger partial charge is 0.0378 e. The summed E-state index contributed by atoms with van der Waals surface area (Å²) < 4.78 is 1.19. The quantitative estimate of drug-likeness (QED) is 0.840. The van der Waals surface area contributed by atoms with E-state index in [4.69, 9.17) is 0 Å². The molecule has 106 valence electrons. The van der Waals surface area contributed by atoms with Gasteiger partial charge >= 0.3 is 0 Å². The number of nitrogens with zero attached hydrogens (tertiary/aromatic N) is 1. The van der Waals surface area contributed by atoms with E-state index in [2.05, 4.69) is 79.0 Å². The van der Waals surface area contributed by atoms with Crippen molar-refractivity contribution >= 4 is 21.6 Å². The lowest BCUT2D eigenvalue weighted by molar-refractivity contribution is 0.332. The molecule has 1 aliphatic rings. The summed E-state index contributed by atoms with van der Waals surface area (Å²) in [6.45, 7) is 14.5. The molecule has 0 saturated carbocycles. The molecule has 1 aromatic carbocycles. The van der Waals surface area contributed by atoms with Gasteiger partial charge in [0, 0.05) is 35.3 Å². The van der Waals surface area contributed by atoms with Crippen molar-refractivity contribution in [2.24, 2.45) is 5.41 Å². The van der Waals surface area contributed by atoms with Crippen LogP contribution in [0, 0.1) is 12.3 Å². The fourth-order valence-electron chi connectivity index (χ4n) is 2.60. The molecule has 1 saturated heterocycles. The topological polar surface area (TPSA) is 15.3 Å². The molecule has 0 unspecified atom stereocenters. The van der Waals surface area contributed by atoms with Gasteiger partial charge in [0.25, 0.3) is 0 Å². The average Bonchev–Trinajstić information content (AvgIpc) is 2.39. The maximum atomic E-state index is 3.68. The van der Waals surface area contributed by atoms with E-state index in [1.54, 1.807) is 0 Å². The SMILES string of the molecule is Cc1ccc(N2CC(C)(C)CNC(C)(C)C2)cc1Br. The van der Waals surface area contributed by atoms with E-state index >= 15 is 0 Å². The fraction of sp³-hybridized carbons (Fsp3) is 0.625. The van der Waals surface area contributed by atoms with E-state index in [0.717, 1.165) is 19.6 Å². The highest BCUT2D eigenvalue weighted by Gasteiger charge is 2.32. The first kappa shape index (κ1) is 14.9. The number of benzene rings is 1. The average molecular weight is 325 g/mol. The van der Waals surface area contributed by atoms with Crippen LogP contribution in [-0.4, -0.2) is 25.2 Å². The third kappa shape index (κ3) is 3.73. The Morgan fingerprint density at radius 2 is 1.84 bits per heavy atom. The minimum Gasteiger partial charge on any atom is -0.369 e. The number of hydrogen-bond acceptors (Lipinski definition) is 2. The molecular formula is C16H25BrN2. The largest absolute Gasteiger partial charge is 0.369 e. The molecule has 1 heterocycles. The van der Waals surface area contributed by atoms with Gasteiger partial charge in [-0.2, -0.15) is 0 Å². The second-order valence-electron chi connectivity index (χ2n) is 7.19. The lowest BCUT2D eigenvalue weighted by Gasteiger charge is -2.33. The minimum atomic E-state index is 0.144. The molecule has 0 aliphatic carbocycles. The van der Waals surface area contributed by atoms with Gasteiger partial charge < -0.3 is 10.2 Å². The van der Waals surface area contributed by atoms with Crippen molar-refractivity contribution in [1.29, 1.82) is 0 Å². The highest BCUT2D eigenvalue weighted by molar-refractivity contribution is 9.10. The number of nitrogens with one attached hydrogen (secondary N) is 1. The summed E-state index contributed by atoms with van der Waals surface area (Å²) in [7, 11) is 0. The minimum absolute atomic E-state index is 0.144. The maximum Gasteiger partial charge on any atom is 0.0378 e. The van der Waals surface area contributed by atoms with E-state index in [1.807, 2.05) is 0 Å². The summed E-state index contributed by atoms with van der Waals surface area (Å²) in [5, 5.41) is 3.68. The lowest BCUT2D eigenvalue weighted by atomic mass is 9.93. The van der Waals surface area contributed by atoms with E-state index in [-0.39, 0.29) is 11.0 Å². The van der Waals surface area contributed by atoms with Gasteiger partial charge in [0.05, 0.1) is 0 Å². The standard InChI is InChI=1S/C16H25BrN2/c1-12-6-7-13(8-14(12)17)19-10-15(2,3)9-18-16(4,5)11-19/h6-8,18H,9-11H2,1-5H3. The summed E-state index contributed by atoms with van der Waals surface area (Å²) in [5.41, 5.74) is 3.02. The van der Waals surface area contributed by atoms with Gasteiger partial charge in [0.2, 0.25) is 0 Å². The molecule has 3 heteroatoms. The van der Waals surface area contributed by atoms with Gasteiger partial charge in [-0.05, 0) is 43.9 Å². The van der Waals surface area contributed by atoms with Gasteiger partial charge in [0.15, 0.2) is 0 Å². The van der Waals surface area contributed by atoms with E-state index in [9.17, 15) is 0 Å². The lowest BCUT2D eigenvalue weighted by Crippen LogP contribution is -2.46. The maximum absolute atomic E-state index is 3.68. The summed E-state index contributed by atoms with van der Waals surface area (Å²) >= 11 is 3.65. The van der Waals surface area contributed by atoms with Crippen LogP contribution in [0.1, 0.15) is 33.3 Å². The molecule has 0 spiro atoms. The van der Waals surface area contributed by atoms with Gasteiger partial charge in [-0.25, -0.2) is 0 Å². The first-order valence-corrected chi connectivity index (χ1v) is 7.74. The second kappa shape index (κ2) is 5.10. The molecule has 2 nitrogen and oxygen atoms in total. The Morgan fingerprint density at radius 1 is 1.16 bits per heavy atom. The predicted molar refractivity (Wildman–Crippen MR) is 87.0 cm³/mol. The Labute approximate surface area is 125 Å².